The Morgan fingerprint density at radius 3 is 1.72 bits per heavy atom. The molecule has 0 saturated carbocycles. The molecule has 0 radical (unpaired) electrons. The SMILES string of the molecule is c1cc(-c2cccc(N(c3ccc(-c4cccc5ccccc45)cc3)c3ccccc3-c3cccc4c3oc3ccccc34)c2)cc(-c2ccc3ccccc3c2)c1. The highest BCUT2D eigenvalue weighted by atomic mass is 16.3. The zero-order chi connectivity index (χ0) is 38.4. The lowest BCUT2D eigenvalue weighted by Gasteiger charge is -2.28. The minimum atomic E-state index is 0.890. The molecule has 58 heavy (non-hydrogen) atoms. The van der Waals surface area contributed by atoms with Crippen molar-refractivity contribution >= 4 is 60.5 Å². The van der Waals surface area contributed by atoms with E-state index in [-0.39, 0.29) is 0 Å². The van der Waals surface area contributed by atoms with Gasteiger partial charge in [-0.05, 0) is 103 Å². The fourth-order valence-corrected chi connectivity index (χ4v) is 8.62. The van der Waals surface area contributed by atoms with Crippen LogP contribution in [-0.2, 0) is 0 Å². The first-order valence-corrected chi connectivity index (χ1v) is 19.8. The van der Waals surface area contributed by atoms with Crippen LogP contribution in [0.15, 0.2) is 229 Å². The van der Waals surface area contributed by atoms with Crippen LogP contribution in [0.4, 0.5) is 17.1 Å². The van der Waals surface area contributed by atoms with Gasteiger partial charge >= 0.3 is 0 Å². The highest BCUT2D eigenvalue weighted by molar-refractivity contribution is 6.11. The van der Waals surface area contributed by atoms with Gasteiger partial charge in [0.1, 0.15) is 11.2 Å². The molecular formula is C56H37NO. The van der Waals surface area contributed by atoms with Crippen molar-refractivity contribution in [2.24, 2.45) is 0 Å². The molecule has 0 atom stereocenters. The first kappa shape index (κ1) is 33.6. The Bertz CT molecular complexity index is 3290. The van der Waals surface area contributed by atoms with Crippen molar-refractivity contribution in [3.05, 3.63) is 224 Å². The maximum Gasteiger partial charge on any atom is 0.143 e. The van der Waals surface area contributed by atoms with E-state index in [2.05, 4.69) is 223 Å². The molecule has 1 aromatic heterocycles. The van der Waals surface area contributed by atoms with E-state index in [0.29, 0.717) is 0 Å². The average molecular weight is 740 g/mol. The average Bonchev–Trinajstić information content (AvgIpc) is 3.69. The topological polar surface area (TPSA) is 16.4 Å². The molecule has 11 rings (SSSR count). The number of fused-ring (bicyclic) bond motifs is 5. The van der Waals surface area contributed by atoms with Crippen LogP contribution in [-0.4, -0.2) is 0 Å². The third-order valence-electron chi connectivity index (χ3n) is 11.4. The van der Waals surface area contributed by atoms with Crippen LogP contribution in [0.3, 0.4) is 0 Å². The van der Waals surface area contributed by atoms with Gasteiger partial charge in [0.2, 0.25) is 0 Å². The summed E-state index contributed by atoms with van der Waals surface area (Å²) >= 11 is 0. The Hall–Kier alpha value is -7.68. The van der Waals surface area contributed by atoms with E-state index >= 15 is 0 Å². The molecule has 0 amide bonds. The lowest BCUT2D eigenvalue weighted by molar-refractivity contribution is 0.670. The summed E-state index contributed by atoms with van der Waals surface area (Å²) in [6.07, 6.45) is 0. The highest BCUT2D eigenvalue weighted by Crippen LogP contribution is 2.45. The quantitative estimate of drug-likeness (QED) is 0.162. The van der Waals surface area contributed by atoms with Gasteiger partial charge < -0.3 is 9.32 Å². The van der Waals surface area contributed by atoms with Gasteiger partial charge in [0.25, 0.3) is 0 Å². The van der Waals surface area contributed by atoms with E-state index < -0.39 is 0 Å². The van der Waals surface area contributed by atoms with E-state index in [0.717, 1.165) is 55.7 Å². The Labute approximate surface area is 337 Å². The molecule has 0 aliphatic rings. The summed E-state index contributed by atoms with van der Waals surface area (Å²) in [5.74, 6) is 0. The predicted molar refractivity (Wildman–Crippen MR) is 245 cm³/mol. The first-order chi connectivity index (χ1) is 28.7. The van der Waals surface area contributed by atoms with Crippen molar-refractivity contribution in [3.8, 4) is 44.5 Å². The molecule has 0 aliphatic heterocycles. The molecule has 2 heteroatoms. The van der Waals surface area contributed by atoms with Gasteiger partial charge in [-0.2, -0.15) is 0 Å². The Morgan fingerprint density at radius 1 is 0.293 bits per heavy atom. The maximum atomic E-state index is 6.61. The summed E-state index contributed by atoms with van der Waals surface area (Å²) in [7, 11) is 0. The van der Waals surface area contributed by atoms with Crippen LogP contribution in [0.5, 0.6) is 0 Å². The second-order valence-electron chi connectivity index (χ2n) is 14.9. The smallest absolute Gasteiger partial charge is 0.143 e. The number of hydrogen-bond donors (Lipinski definition) is 0. The Kier molecular flexibility index (Phi) is 8.19. The predicted octanol–water partition coefficient (Wildman–Crippen LogP) is 16.0. The largest absolute Gasteiger partial charge is 0.455 e. The van der Waals surface area contributed by atoms with Crippen molar-refractivity contribution in [3.63, 3.8) is 0 Å². The third-order valence-corrected chi connectivity index (χ3v) is 11.4. The summed E-state index contributed by atoms with van der Waals surface area (Å²) in [5.41, 5.74) is 14.2. The second-order valence-corrected chi connectivity index (χ2v) is 14.9. The molecule has 0 N–H and O–H groups in total. The van der Waals surface area contributed by atoms with Gasteiger partial charge in [-0.1, -0.05) is 176 Å². The lowest BCUT2D eigenvalue weighted by atomic mass is 9.96. The minimum absolute atomic E-state index is 0.890. The van der Waals surface area contributed by atoms with Crippen molar-refractivity contribution < 1.29 is 4.42 Å². The lowest BCUT2D eigenvalue weighted by Crippen LogP contribution is -2.11. The summed E-state index contributed by atoms with van der Waals surface area (Å²) in [5, 5.41) is 7.21. The number of nitrogens with zero attached hydrogens (tertiary/aromatic N) is 1. The van der Waals surface area contributed by atoms with E-state index in [1.165, 1.54) is 49.4 Å². The molecule has 272 valence electrons. The fraction of sp³-hybridized carbons (Fsp3) is 0. The molecular weight excluding hydrogens is 703 g/mol. The molecule has 0 bridgehead atoms. The minimum Gasteiger partial charge on any atom is -0.455 e. The van der Waals surface area contributed by atoms with Crippen LogP contribution in [0.2, 0.25) is 0 Å². The third kappa shape index (κ3) is 5.91. The number of anilines is 3. The normalized spacial score (nSPS) is 11.4. The van der Waals surface area contributed by atoms with Crippen molar-refractivity contribution in [1.29, 1.82) is 0 Å². The molecule has 0 aliphatic carbocycles. The van der Waals surface area contributed by atoms with Gasteiger partial charge in [0.05, 0.1) is 5.69 Å². The zero-order valence-electron chi connectivity index (χ0n) is 31.7. The first-order valence-electron chi connectivity index (χ1n) is 19.8. The van der Waals surface area contributed by atoms with Crippen LogP contribution in [0.25, 0.3) is 88.0 Å². The van der Waals surface area contributed by atoms with Crippen LogP contribution in [0.1, 0.15) is 0 Å². The number of benzene rings is 10. The van der Waals surface area contributed by atoms with Gasteiger partial charge in [-0.3, -0.25) is 0 Å². The van der Waals surface area contributed by atoms with Crippen LogP contribution < -0.4 is 4.90 Å². The molecule has 0 unspecified atom stereocenters. The number of para-hydroxylation sites is 3. The summed E-state index contributed by atoms with van der Waals surface area (Å²) < 4.78 is 6.61. The monoisotopic (exact) mass is 739 g/mol. The van der Waals surface area contributed by atoms with E-state index in [1.54, 1.807) is 0 Å². The molecule has 11 aromatic rings. The summed E-state index contributed by atoms with van der Waals surface area (Å²) in [4.78, 5) is 2.39. The summed E-state index contributed by atoms with van der Waals surface area (Å²) in [6.45, 7) is 0. The van der Waals surface area contributed by atoms with Gasteiger partial charge in [-0.25, -0.2) is 0 Å². The van der Waals surface area contributed by atoms with Gasteiger partial charge in [0, 0.05) is 33.3 Å². The number of furan rings is 1. The van der Waals surface area contributed by atoms with E-state index in [1.807, 2.05) is 6.07 Å². The number of hydrogen-bond acceptors (Lipinski definition) is 2. The zero-order valence-corrected chi connectivity index (χ0v) is 31.7. The molecule has 0 fully saturated rings. The van der Waals surface area contributed by atoms with Crippen LogP contribution in [0, 0.1) is 0 Å². The maximum absolute atomic E-state index is 6.61. The molecule has 1 heterocycles. The fourth-order valence-electron chi connectivity index (χ4n) is 8.62. The second kappa shape index (κ2) is 14.1. The Balaban J connectivity index is 1.06. The summed E-state index contributed by atoms with van der Waals surface area (Å²) in [6, 6.07) is 80.7. The Morgan fingerprint density at radius 2 is 0.862 bits per heavy atom. The molecule has 0 spiro atoms. The van der Waals surface area contributed by atoms with Gasteiger partial charge in [0.15, 0.2) is 0 Å². The van der Waals surface area contributed by atoms with Crippen molar-refractivity contribution in [1.82, 2.24) is 0 Å². The van der Waals surface area contributed by atoms with Crippen molar-refractivity contribution in [2.75, 3.05) is 4.90 Å². The van der Waals surface area contributed by atoms with Crippen LogP contribution >= 0.6 is 0 Å². The highest BCUT2D eigenvalue weighted by Gasteiger charge is 2.21. The van der Waals surface area contributed by atoms with Crippen molar-refractivity contribution in [2.45, 2.75) is 0 Å². The standard InChI is InChI=1S/C56H37NO/c1-2-15-41-35-45(30-29-38(41)13-1)43-18-9-17-42(36-43)44-19-10-20-47(37-44)57(46-33-31-40(32-34-46)49-24-11-16-39-14-3-4-21-48(39)49)54-27-7-5-22-50(54)52-25-12-26-53-51-23-6-8-28-55(51)58-56(52)53/h1-37H. The molecule has 2 nitrogen and oxygen atoms in total. The molecule has 10 aromatic carbocycles. The molecule has 0 saturated heterocycles. The number of rotatable bonds is 7. The van der Waals surface area contributed by atoms with Gasteiger partial charge in [-0.15, -0.1) is 0 Å². The van der Waals surface area contributed by atoms with E-state index in [4.69, 9.17) is 4.42 Å². The van der Waals surface area contributed by atoms with E-state index in [9.17, 15) is 0 Å².